The van der Waals surface area contributed by atoms with Crippen molar-refractivity contribution < 1.29 is 36.2 Å². The van der Waals surface area contributed by atoms with Gasteiger partial charge in [-0.25, -0.2) is 21.6 Å². The number of ether oxygens (including phenoxy) is 2. The van der Waals surface area contributed by atoms with Gasteiger partial charge in [0.05, 0.1) is 26.7 Å². The molecule has 12 heteroatoms. The Labute approximate surface area is 267 Å². The van der Waals surface area contributed by atoms with Crippen LogP contribution in [0.4, 0.5) is 11.4 Å². The molecule has 0 unspecified atom stereocenters. The van der Waals surface area contributed by atoms with Crippen LogP contribution in [0.2, 0.25) is 0 Å². The topological polar surface area (TPSA) is 148 Å². The SMILES string of the molecule is Cc1ccc(S(=O)(=O)Nc2ccc(Oc3ccc(NS(=O)(=O)c4ccc(C)cc4)c(C(=O)O)c3)cc2OCc2ccccc2)cc1. The van der Waals surface area contributed by atoms with E-state index in [-0.39, 0.29) is 50.6 Å². The minimum absolute atomic E-state index is 0.0177. The molecule has 5 rings (SSSR count). The van der Waals surface area contributed by atoms with Gasteiger partial charge in [0.15, 0.2) is 0 Å². The molecular formula is C34H30N2O8S2. The highest BCUT2D eigenvalue weighted by molar-refractivity contribution is 7.93. The number of rotatable bonds is 12. The van der Waals surface area contributed by atoms with Gasteiger partial charge in [0.2, 0.25) is 0 Å². The summed E-state index contributed by atoms with van der Waals surface area (Å²) in [5.41, 5.74) is 2.31. The number of nitrogens with one attached hydrogen (secondary N) is 2. The predicted molar refractivity (Wildman–Crippen MR) is 175 cm³/mol. The molecular weight excluding hydrogens is 629 g/mol. The van der Waals surface area contributed by atoms with Gasteiger partial charge in [-0.1, -0.05) is 65.7 Å². The maximum absolute atomic E-state index is 13.2. The summed E-state index contributed by atoms with van der Waals surface area (Å²) in [7, 11) is -8.02. The largest absolute Gasteiger partial charge is 0.487 e. The standard InChI is InChI=1S/C34H30N2O8S2/c1-23-8-14-28(15-9-23)45(39,40)35-31-18-12-26(20-30(31)34(37)38)44-27-13-19-32(33(21-27)43-22-25-6-4-3-5-7-25)36-46(41,42)29-16-10-24(2)11-17-29/h3-21,35-36H,22H2,1-2H3,(H,37,38). The second-order valence-electron chi connectivity index (χ2n) is 10.4. The van der Waals surface area contributed by atoms with E-state index >= 15 is 0 Å². The highest BCUT2D eigenvalue weighted by Crippen LogP contribution is 2.35. The lowest BCUT2D eigenvalue weighted by atomic mass is 10.1. The first-order chi connectivity index (χ1) is 21.9. The van der Waals surface area contributed by atoms with E-state index in [1.54, 1.807) is 24.3 Å². The Bertz CT molecular complexity index is 2080. The van der Waals surface area contributed by atoms with Crippen molar-refractivity contribution in [3.8, 4) is 17.2 Å². The molecule has 0 aliphatic carbocycles. The van der Waals surface area contributed by atoms with Gasteiger partial charge in [-0.15, -0.1) is 0 Å². The highest BCUT2D eigenvalue weighted by atomic mass is 32.2. The fourth-order valence-electron chi connectivity index (χ4n) is 4.34. The quantitative estimate of drug-likeness (QED) is 0.130. The molecule has 5 aromatic rings. The van der Waals surface area contributed by atoms with E-state index in [4.69, 9.17) is 9.47 Å². The van der Waals surface area contributed by atoms with Crippen LogP contribution in [0.5, 0.6) is 17.2 Å². The Morgan fingerprint density at radius 3 is 1.70 bits per heavy atom. The molecule has 0 aromatic heterocycles. The number of carboxylic acid groups (broad SMARTS) is 1. The average Bonchev–Trinajstić information content (AvgIpc) is 3.02. The Morgan fingerprint density at radius 1 is 0.652 bits per heavy atom. The van der Waals surface area contributed by atoms with Gasteiger partial charge >= 0.3 is 5.97 Å². The van der Waals surface area contributed by atoms with Crippen LogP contribution in [-0.4, -0.2) is 27.9 Å². The molecule has 0 spiro atoms. The van der Waals surface area contributed by atoms with Gasteiger partial charge in [-0.3, -0.25) is 9.44 Å². The van der Waals surface area contributed by atoms with Crippen molar-refractivity contribution in [2.45, 2.75) is 30.2 Å². The van der Waals surface area contributed by atoms with E-state index in [0.29, 0.717) is 0 Å². The van der Waals surface area contributed by atoms with Crippen molar-refractivity contribution in [1.29, 1.82) is 0 Å². The van der Waals surface area contributed by atoms with E-state index in [0.717, 1.165) is 16.7 Å². The molecule has 0 aliphatic rings. The molecule has 10 nitrogen and oxygen atoms in total. The maximum atomic E-state index is 13.2. The molecule has 0 fully saturated rings. The number of sulfonamides is 2. The zero-order valence-electron chi connectivity index (χ0n) is 24.8. The highest BCUT2D eigenvalue weighted by Gasteiger charge is 2.21. The zero-order valence-corrected chi connectivity index (χ0v) is 26.4. The summed E-state index contributed by atoms with van der Waals surface area (Å²) in [5.74, 6) is -0.902. The zero-order chi connectivity index (χ0) is 32.9. The van der Waals surface area contributed by atoms with Crippen LogP contribution in [0.15, 0.2) is 125 Å². The molecule has 236 valence electrons. The first-order valence-corrected chi connectivity index (χ1v) is 16.9. The van der Waals surface area contributed by atoms with E-state index in [1.807, 2.05) is 44.2 Å². The summed E-state index contributed by atoms with van der Waals surface area (Å²) in [6.45, 7) is 3.80. The number of hydrogen-bond donors (Lipinski definition) is 3. The number of hydrogen-bond acceptors (Lipinski definition) is 7. The minimum atomic E-state index is -4.06. The average molecular weight is 659 g/mol. The molecule has 5 aromatic carbocycles. The molecule has 0 atom stereocenters. The summed E-state index contributed by atoms with van der Waals surface area (Å²) in [4.78, 5) is 12.2. The lowest BCUT2D eigenvalue weighted by molar-refractivity contribution is 0.0697. The van der Waals surface area contributed by atoms with Crippen molar-refractivity contribution in [1.82, 2.24) is 0 Å². The van der Waals surface area contributed by atoms with Gasteiger partial charge < -0.3 is 14.6 Å². The number of carbonyl (C=O) groups is 1. The number of carboxylic acids is 1. The van der Waals surface area contributed by atoms with Crippen molar-refractivity contribution in [3.05, 3.63) is 138 Å². The van der Waals surface area contributed by atoms with E-state index < -0.39 is 26.0 Å². The molecule has 0 amide bonds. The Morgan fingerprint density at radius 2 is 1.15 bits per heavy atom. The molecule has 0 aliphatic heterocycles. The van der Waals surface area contributed by atoms with Crippen molar-refractivity contribution in [2.24, 2.45) is 0 Å². The second kappa shape index (κ2) is 13.3. The monoisotopic (exact) mass is 658 g/mol. The smallest absolute Gasteiger partial charge is 0.337 e. The summed E-state index contributed by atoms with van der Waals surface area (Å²) < 4.78 is 69.0. The first kappa shape index (κ1) is 32.1. The van der Waals surface area contributed by atoms with Gasteiger partial charge in [0.1, 0.15) is 23.9 Å². The molecule has 0 saturated carbocycles. The van der Waals surface area contributed by atoms with Crippen molar-refractivity contribution in [2.75, 3.05) is 9.44 Å². The van der Waals surface area contributed by atoms with Crippen LogP contribution >= 0.6 is 0 Å². The second-order valence-corrected chi connectivity index (χ2v) is 13.7. The Kier molecular flexibility index (Phi) is 9.31. The molecule has 3 N–H and O–H groups in total. The van der Waals surface area contributed by atoms with E-state index in [1.165, 1.54) is 60.7 Å². The van der Waals surface area contributed by atoms with E-state index in [2.05, 4.69) is 9.44 Å². The number of aryl methyl sites for hydroxylation is 2. The van der Waals surface area contributed by atoms with Crippen molar-refractivity contribution >= 4 is 37.4 Å². The number of aromatic carboxylic acids is 1. The molecule has 0 bridgehead atoms. The lowest BCUT2D eigenvalue weighted by Gasteiger charge is -2.16. The third-order valence-electron chi connectivity index (χ3n) is 6.80. The van der Waals surface area contributed by atoms with Crippen LogP contribution in [0.1, 0.15) is 27.0 Å². The van der Waals surface area contributed by atoms with Crippen LogP contribution in [0, 0.1) is 13.8 Å². The normalized spacial score (nSPS) is 11.4. The molecule has 0 heterocycles. The first-order valence-electron chi connectivity index (χ1n) is 13.9. The number of anilines is 2. The minimum Gasteiger partial charge on any atom is -0.487 e. The Balaban J connectivity index is 1.42. The van der Waals surface area contributed by atoms with Crippen molar-refractivity contribution in [3.63, 3.8) is 0 Å². The summed E-state index contributed by atoms with van der Waals surface area (Å²) in [6.07, 6.45) is 0. The fourth-order valence-corrected chi connectivity index (χ4v) is 6.49. The van der Waals surface area contributed by atoms with Crippen LogP contribution in [0.25, 0.3) is 0 Å². The molecule has 0 saturated heterocycles. The third-order valence-corrected chi connectivity index (χ3v) is 9.56. The van der Waals surface area contributed by atoms with Gasteiger partial charge in [-0.2, -0.15) is 0 Å². The Hall–Kier alpha value is -5.33. The summed E-state index contributed by atoms with van der Waals surface area (Å²) in [5, 5.41) is 9.86. The number of benzene rings is 5. The van der Waals surface area contributed by atoms with Crippen LogP contribution < -0.4 is 18.9 Å². The third kappa shape index (κ3) is 7.84. The van der Waals surface area contributed by atoms with Crippen LogP contribution in [-0.2, 0) is 26.7 Å². The maximum Gasteiger partial charge on any atom is 0.337 e. The summed E-state index contributed by atoms with van der Waals surface area (Å²) >= 11 is 0. The molecule has 0 radical (unpaired) electrons. The van der Waals surface area contributed by atoms with Gasteiger partial charge in [0.25, 0.3) is 20.0 Å². The lowest BCUT2D eigenvalue weighted by Crippen LogP contribution is -2.15. The fraction of sp³-hybridized carbons (Fsp3) is 0.0882. The predicted octanol–water partition coefficient (Wildman–Crippen LogP) is 6.97. The van der Waals surface area contributed by atoms with Gasteiger partial charge in [-0.05, 0) is 74.0 Å². The van der Waals surface area contributed by atoms with E-state index in [9.17, 15) is 26.7 Å². The summed E-state index contributed by atoms with van der Waals surface area (Å²) in [6, 6.07) is 30.2. The molecule has 46 heavy (non-hydrogen) atoms. The van der Waals surface area contributed by atoms with Crippen LogP contribution in [0.3, 0.4) is 0 Å². The van der Waals surface area contributed by atoms with Gasteiger partial charge in [0, 0.05) is 6.07 Å².